The molecule has 3 aromatic rings. The van der Waals surface area contributed by atoms with Gasteiger partial charge in [0.25, 0.3) is 5.56 Å². The first-order valence-electron chi connectivity index (χ1n) is 11.0. The number of para-hydroxylation sites is 1. The maximum Gasteiger partial charge on any atom is 0.258 e. The normalized spacial score (nSPS) is 17.5. The van der Waals surface area contributed by atoms with Gasteiger partial charge >= 0.3 is 0 Å². The number of rotatable bonds is 5. The topological polar surface area (TPSA) is 126 Å². The van der Waals surface area contributed by atoms with E-state index in [-0.39, 0.29) is 23.7 Å². The highest BCUT2D eigenvalue weighted by Gasteiger charge is 2.35. The predicted octanol–water partition coefficient (Wildman–Crippen LogP) is 2.46. The Morgan fingerprint density at radius 2 is 1.74 bits per heavy atom. The quantitative estimate of drug-likeness (QED) is 0.533. The number of fused-ring (bicyclic) bond motifs is 1. The molecule has 10 nitrogen and oxygen atoms in total. The fourth-order valence-electron chi connectivity index (χ4n) is 3.97. The van der Waals surface area contributed by atoms with E-state index in [9.17, 15) is 14.4 Å². The van der Waals surface area contributed by atoms with Crippen molar-refractivity contribution in [1.29, 1.82) is 0 Å². The molecule has 2 aliphatic rings. The molecule has 0 unspecified atom stereocenters. The van der Waals surface area contributed by atoms with Crippen LogP contribution in [0.2, 0.25) is 0 Å². The minimum Gasteiger partial charge on any atom is -0.457 e. The number of aromatic amines is 1. The average molecular weight is 461 g/mol. The van der Waals surface area contributed by atoms with E-state index in [1.165, 1.54) is 0 Å². The van der Waals surface area contributed by atoms with Gasteiger partial charge in [-0.1, -0.05) is 18.2 Å². The number of nitrogens with zero attached hydrogens (tertiary/aromatic N) is 2. The van der Waals surface area contributed by atoms with E-state index < -0.39 is 17.4 Å². The summed E-state index contributed by atoms with van der Waals surface area (Å²) in [5.41, 5.74) is 0.226. The Balaban J connectivity index is 1.33. The number of hydrogen-bond acceptors (Lipinski definition) is 7. The Labute approximate surface area is 194 Å². The van der Waals surface area contributed by atoms with Gasteiger partial charge in [-0.3, -0.25) is 19.4 Å². The smallest absolute Gasteiger partial charge is 0.258 e. The summed E-state index contributed by atoms with van der Waals surface area (Å²) in [7, 11) is 0. The van der Waals surface area contributed by atoms with Gasteiger partial charge in [-0.15, -0.1) is 0 Å². The molecule has 5 rings (SSSR count). The number of aromatic nitrogens is 2. The number of H-pyrrole nitrogens is 1. The zero-order chi connectivity index (χ0) is 23.5. The fraction of sp³-hybridized carbons (Fsp3) is 0.250. The first kappa shape index (κ1) is 21.7. The maximum atomic E-state index is 13.1. The van der Waals surface area contributed by atoms with Crippen LogP contribution in [0.15, 0.2) is 59.4 Å². The molecule has 3 N–H and O–H groups in total. The van der Waals surface area contributed by atoms with E-state index in [2.05, 4.69) is 20.6 Å². The van der Waals surface area contributed by atoms with Gasteiger partial charge in [0, 0.05) is 25.2 Å². The first-order valence-corrected chi connectivity index (χ1v) is 11.0. The molecule has 0 bridgehead atoms. The van der Waals surface area contributed by atoms with E-state index in [1.54, 1.807) is 24.3 Å². The molecular formula is C24H23N5O5. The standard InChI is InChI=1S/C24H23N5O5/c30-19-14-18(20-21(26-19)27-24(28-23(20)32)29-10-12-33-13-11-29)22(31)25-15-6-8-17(9-7-15)34-16-4-2-1-3-5-16/h1-9,18H,10-14H2,(H,25,31)(H2,26,27,28,30,32)/t18-/m0/s1. The van der Waals surface area contributed by atoms with Crippen LogP contribution in [0.5, 0.6) is 11.5 Å². The summed E-state index contributed by atoms with van der Waals surface area (Å²) in [5, 5.41) is 5.42. The van der Waals surface area contributed by atoms with Gasteiger partial charge in [0.2, 0.25) is 17.8 Å². The predicted molar refractivity (Wildman–Crippen MR) is 125 cm³/mol. The van der Waals surface area contributed by atoms with Crippen LogP contribution in [-0.4, -0.2) is 48.1 Å². The molecule has 2 aliphatic heterocycles. The van der Waals surface area contributed by atoms with Crippen LogP contribution < -0.4 is 25.8 Å². The molecule has 1 saturated heterocycles. The fourth-order valence-corrected chi connectivity index (χ4v) is 3.97. The third kappa shape index (κ3) is 4.62. The molecule has 10 heteroatoms. The van der Waals surface area contributed by atoms with Gasteiger partial charge in [0.05, 0.1) is 24.7 Å². The number of amides is 2. The van der Waals surface area contributed by atoms with Crippen molar-refractivity contribution in [1.82, 2.24) is 9.97 Å². The summed E-state index contributed by atoms with van der Waals surface area (Å²) < 4.78 is 11.1. The first-order chi connectivity index (χ1) is 16.6. The summed E-state index contributed by atoms with van der Waals surface area (Å²) in [6.45, 7) is 2.19. The monoisotopic (exact) mass is 461 g/mol. The zero-order valence-corrected chi connectivity index (χ0v) is 18.2. The van der Waals surface area contributed by atoms with E-state index in [0.29, 0.717) is 49.4 Å². The van der Waals surface area contributed by atoms with Crippen molar-refractivity contribution in [3.8, 4) is 11.5 Å². The summed E-state index contributed by atoms with van der Waals surface area (Å²) in [6, 6.07) is 16.2. The van der Waals surface area contributed by atoms with Crippen LogP contribution in [0.4, 0.5) is 17.5 Å². The number of nitrogens with one attached hydrogen (secondary N) is 3. The Bertz CT molecular complexity index is 1250. The van der Waals surface area contributed by atoms with E-state index in [0.717, 1.165) is 0 Å². The minimum absolute atomic E-state index is 0.119. The summed E-state index contributed by atoms with van der Waals surface area (Å²) in [6.07, 6.45) is -0.143. The van der Waals surface area contributed by atoms with Gasteiger partial charge in [-0.05, 0) is 36.4 Å². The number of ether oxygens (including phenoxy) is 2. The van der Waals surface area contributed by atoms with Gasteiger partial charge in [0.15, 0.2) is 0 Å². The highest BCUT2D eigenvalue weighted by molar-refractivity contribution is 6.04. The van der Waals surface area contributed by atoms with Crippen molar-refractivity contribution >= 4 is 29.3 Å². The van der Waals surface area contributed by atoms with E-state index >= 15 is 0 Å². The van der Waals surface area contributed by atoms with Crippen molar-refractivity contribution in [2.24, 2.45) is 0 Å². The molecule has 0 spiro atoms. The minimum atomic E-state index is -0.959. The number of anilines is 3. The highest BCUT2D eigenvalue weighted by atomic mass is 16.5. The molecule has 0 saturated carbocycles. The lowest BCUT2D eigenvalue weighted by Gasteiger charge is -2.29. The third-order valence-corrected chi connectivity index (χ3v) is 5.67. The largest absolute Gasteiger partial charge is 0.457 e. The second kappa shape index (κ2) is 9.36. The van der Waals surface area contributed by atoms with E-state index in [4.69, 9.17) is 9.47 Å². The van der Waals surface area contributed by atoms with Crippen molar-refractivity contribution in [3.63, 3.8) is 0 Å². The lowest BCUT2D eigenvalue weighted by atomic mass is 9.92. The van der Waals surface area contributed by atoms with Crippen LogP contribution in [-0.2, 0) is 14.3 Å². The lowest BCUT2D eigenvalue weighted by Crippen LogP contribution is -2.41. The molecule has 0 radical (unpaired) electrons. The second-order valence-corrected chi connectivity index (χ2v) is 7.98. The van der Waals surface area contributed by atoms with Crippen LogP contribution in [0.25, 0.3) is 0 Å². The van der Waals surface area contributed by atoms with Crippen LogP contribution >= 0.6 is 0 Å². The molecule has 1 atom stereocenters. The number of carbonyl (C=O) groups excluding carboxylic acids is 2. The molecule has 174 valence electrons. The van der Waals surface area contributed by atoms with Crippen LogP contribution in [0.1, 0.15) is 17.9 Å². The van der Waals surface area contributed by atoms with Gasteiger partial charge < -0.3 is 25.0 Å². The zero-order valence-electron chi connectivity index (χ0n) is 18.2. The molecule has 2 amide bonds. The van der Waals surface area contributed by atoms with Crippen LogP contribution in [0.3, 0.4) is 0 Å². The van der Waals surface area contributed by atoms with Gasteiger partial charge in [0.1, 0.15) is 17.3 Å². The number of morpholine rings is 1. The number of benzene rings is 2. The Morgan fingerprint density at radius 1 is 1.03 bits per heavy atom. The summed E-state index contributed by atoms with van der Waals surface area (Å²) in [4.78, 5) is 47.4. The van der Waals surface area contributed by atoms with Gasteiger partial charge in [-0.25, -0.2) is 0 Å². The molecular weight excluding hydrogens is 438 g/mol. The van der Waals surface area contributed by atoms with Crippen molar-refractivity contribution in [3.05, 3.63) is 70.5 Å². The Kier molecular flexibility index (Phi) is 5.96. The summed E-state index contributed by atoms with van der Waals surface area (Å²) >= 11 is 0. The maximum absolute atomic E-state index is 13.1. The van der Waals surface area contributed by atoms with Crippen molar-refractivity contribution in [2.45, 2.75) is 12.3 Å². The van der Waals surface area contributed by atoms with Crippen molar-refractivity contribution < 1.29 is 19.1 Å². The molecule has 34 heavy (non-hydrogen) atoms. The highest BCUT2D eigenvalue weighted by Crippen LogP contribution is 2.31. The molecule has 3 heterocycles. The lowest BCUT2D eigenvalue weighted by molar-refractivity contribution is -0.123. The molecule has 1 fully saturated rings. The number of carbonyl (C=O) groups is 2. The third-order valence-electron chi connectivity index (χ3n) is 5.67. The van der Waals surface area contributed by atoms with Crippen molar-refractivity contribution in [2.75, 3.05) is 41.8 Å². The second-order valence-electron chi connectivity index (χ2n) is 7.98. The van der Waals surface area contributed by atoms with E-state index in [1.807, 2.05) is 35.2 Å². The molecule has 1 aromatic heterocycles. The Hall–Kier alpha value is -4.18. The number of hydrogen-bond donors (Lipinski definition) is 3. The molecule has 0 aliphatic carbocycles. The van der Waals surface area contributed by atoms with Gasteiger partial charge in [-0.2, -0.15) is 4.98 Å². The molecule has 2 aromatic carbocycles. The summed E-state index contributed by atoms with van der Waals surface area (Å²) in [5.74, 6) is -0.00524. The average Bonchev–Trinajstić information content (AvgIpc) is 2.85. The Morgan fingerprint density at radius 3 is 2.47 bits per heavy atom. The SMILES string of the molecule is O=C1C[C@H](C(=O)Nc2ccc(Oc3ccccc3)cc2)c2c(nc(N3CCOCC3)[nH]c2=O)N1. The van der Waals surface area contributed by atoms with Crippen LogP contribution in [0, 0.1) is 0 Å².